The van der Waals surface area contributed by atoms with Crippen molar-refractivity contribution in [2.24, 2.45) is 7.05 Å². The summed E-state index contributed by atoms with van der Waals surface area (Å²) in [6.07, 6.45) is 0.774. The molecule has 40 heavy (non-hydrogen) atoms. The molecule has 0 spiro atoms. The maximum atomic E-state index is 13.3. The third kappa shape index (κ3) is 5.17. The Bertz CT molecular complexity index is 1590. The Balaban J connectivity index is 1.42. The van der Waals surface area contributed by atoms with E-state index in [1.807, 2.05) is 35.0 Å². The number of rotatable bonds is 7. The quantitative estimate of drug-likeness (QED) is 0.317. The maximum Gasteiger partial charge on any atom is 0.573 e. The highest BCUT2D eigenvalue weighted by atomic mass is 19.4. The summed E-state index contributed by atoms with van der Waals surface area (Å²) < 4.78 is 53.4. The summed E-state index contributed by atoms with van der Waals surface area (Å²) in [7, 11) is 1.79. The molecule has 1 saturated carbocycles. The first kappa shape index (κ1) is 26.3. The van der Waals surface area contributed by atoms with E-state index in [0.717, 1.165) is 60.3 Å². The van der Waals surface area contributed by atoms with E-state index in [1.165, 1.54) is 12.1 Å². The second-order valence-electron chi connectivity index (χ2n) is 10.4. The first-order valence-corrected chi connectivity index (χ1v) is 13.3. The Kier molecular flexibility index (Phi) is 6.76. The van der Waals surface area contributed by atoms with Crippen molar-refractivity contribution in [3.8, 4) is 34.5 Å². The Morgan fingerprint density at radius 2 is 2.00 bits per heavy atom. The molecular weight excluding hydrogens is 523 g/mol. The maximum absolute atomic E-state index is 13.3. The number of hydrogen-bond donors (Lipinski definition) is 1. The summed E-state index contributed by atoms with van der Waals surface area (Å²) in [5.74, 6) is 0.0654. The van der Waals surface area contributed by atoms with Crippen molar-refractivity contribution < 1.29 is 27.8 Å². The van der Waals surface area contributed by atoms with Crippen LogP contribution >= 0.6 is 0 Å². The number of imidazole rings is 1. The average Bonchev–Trinajstić information content (AvgIpc) is 3.59. The fourth-order valence-electron chi connectivity index (χ4n) is 5.53. The van der Waals surface area contributed by atoms with Crippen molar-refractivity contribution in [3.05, 3.63) is 53.9 Å². The van der Waals surface area contributed by atoms with Gasteiger partial charge in [-0.2, -0.15) is 10.4 Å². The number of ether oxygens (including phenoxy) is 2. The topological polar surface area (TPSA) is 98.1 Å². The van der Waals surface area contributed by atoms with Crippen LogP contribution in [0.15, 0.2) is 42.6 Å². The Hall–Kier alpha value is -3.88. The van der Waals surface area contributed by atoms with Gasteiger partial charge in [0.05, 0.1) is 47.2 Å². The second-order valence-corrected chi connectivity index (χ2v) is 10.4. The van der Waals surface area contributed by atoms with Crippen molar-refractivity contribution in [1.82, 2.24) is 19.3 Å². The zero-order chi connectivity index (χ0) is 28.0. The van der Waals surface area contributed by atoms with Crippen molar-refractivity contribution in [1.29, 1.82) is 5.26 Å². The van der Waals surface area contributed by atoms with Crippen molar-refractivity contribution in [2.75, 3.05) is 6.61 Å². The van der Waals surface area contributed by atoms with E-state index in [2.05, 4.69) is 9.84 Å². The van der Waals surface area contributed by atoms with Crippen molar-refractivity contribution >= 4 is 10.9 Å². The number of hydrogen-bond acceptors (Lipinski definition) is 6. The SMILES string of the molecule is Cn1c(-c2ccc(C#N)cc2OC(F)(F)F)nc(-c2cccc3nn(CC(O)C4CCCCO4)cc23)c1C1CC1. The fraction of sp³-hybridized carbons (Fsp3) is 0.414. The molecule has 2 aromatic heterocycles. The van der Waals surface area contributed by atoms with Gasteiger partial charge in [0, 0.05) is 42.4 Å². The van der Waals surface area contributed by atoms with Gasteiger partial charge in [-0.3, -0.25) is 4.68 Å². The van der Waals surface area contributed by atoms with Crippen LogP contribution in [-0.2, 0) is 18.3 Å². The van der Waals surface area contributed by atoms with Crippen LogP contribution in [-0.4, -0.2) is 49.6 Å². The molecule has 0 amide bonds. The summed E-state index contributed by atoms with van der Waals surface area (Å²) in [6, 6.07) is 11.5. The molecule has 208 valence electrons. The second kappa shape index (κ2) is 10.3. The molecule has 3 heterocycles. The normalized spacial score (nSPS) is 18.6. The molecule has 2 unspecified atom stereocenters. The summed E-state index contributed by atoms with van der Waals surface area (Å²) >= 11 is 0. The zero-order valence-electron chi connectivity index (χ0n) is 21.9. The van der Waals surface area contributed by atoms with Crippen molar-refractivity contribution in [3.63, 3.8) is 0 Å². The molecule has 8 nitrogen and oxygen atoms in total. The lowest BCUT2D eigenvalue weighted by Crippen LogP contribution is -2.35. The van der Waals surface area contributed by atoms with E-state index in [0.29, 0.717) is 18.1 Å². The largest absolute Gasteiger partial charge is 0.573 e. The molecule has 2 aliphatic rings. The van der Waals surface area contributed by atoms with Crippen LogP contribution < -0.4 is 4.74 Å². The molecular formula is C29H28F3N5O3. The van der Waals surface area contributed by atoms with E-state index in [1.54, 1.807) is 11.7 Å². The number of alkyl halides is 3. The number of aliphatic hydroxyl groups is 1. The Labute approximate surface area is 228 Å². The zero-order valence-corrected chi connectivity index (χ0v) is 21.9. The molecule has 1 saturated heterocycles. The molecule has 1 aliphatic carbocycles. The van der Waals surface area contributed by atoms with E-state index in [4.69, 9.17) is 9.72 Å². The van der Waals surface area contributed by atoms with Crippen LogP contribution in [0.2, 0.25) is 0 Å². The van der Waals surface area contributed by atoms with Gasteiger partial charge in [0.15, 0.2) is 0 Å². The monoisotopic (exact) mass is 551 g/mol. The highest BCUT2D eigenvalue weighted by Gasteiger charge is 2.36. The minimum absolute atomic E-state index is 0.0536. The van der Waals surface area contributed by atoms with Crippen LogP contribution in [0.4, 0.5) is 13.2 Å². The van der Waals surface area contributed by atoms with E-state index in [9.17, 15) is 23.5 Å². The van der Waals surface area contributed by atoms with Gasteiger partial charge in [-0.1, -0.05) is 12.1 Å². The van der Waals surface area contributed by atoms with Gasteiger partial charge in [-0.05, 0) is 56.4 Å². The predicted molar refractivity (Wildman–Crippen MR) is 140 cm³/mol. The minimum atomic E-state index is -4.93. The number of halogens is 3. The smallest absolute Gasteiger partial charge is 0.405 e. The molecule has 0 radical (unpaired) electrons. The van der Waals surface area contributed by atoms with Gasteiger partial charge in [-0.15, -0.1) is 13.2 Å². The summed E-state index contributed by atoms with van der Waals surface area (Å²) in [4.78, 5) is 4.88. The van der Waals surface area contributed by atoms with Crippen LogP contribution in [0.5, 0.6) is 5.75 Å². The van der Waals surface area contributed by atoms with E-state index < -0.39 is 18.2 Å². The van der Waals surface area contributed by atoms with Gasteiger partial charge >= 0.3 is 6.36 Å². The number of nitrogens with zero attached hydrogens (tertiary/aromatic N) is 5. The summed E-state index contributed by atoms with van der Waals surface area (Å²) in [5, 5.41) is 25.5. The van der Waals surface area contributed by atoms with Gasteiger partial charge in [0.25, 0.3) is 0 Å². The first-order valence-electron chi connectivity index (χ1n) is 13.3. The van der Waals surface area contributed by atoms with Gasteiger partial charge in [-0.25, -0.2) is 4.98 Å². The van der Waals surface area contributed by atoms with E-state index >= 15 is 0 Å². The molecule has 2 aromatic carbocycles. The molecule has 1 N–H and O–H groups in total. The number of fused-ring (bicyclic) bond motifs is 1. The average molecular weight is 552 g/mol. The van der Waals surface area contributed by atoms with E-state index in [-0.39, 0.29) is 29.7 Å². The highest BCUT2D eigenvalue weighted by Crippen LogP contribution is 2.47. The fourth-order valence-corrected chi connectivity index (χ4v) is 5.53. The Morgan fingerprint density at radius 3 is 2.70 bits per heavy atom. The summed E-state index contributed by atoms with van der Waals surface area (Å²) in [6.45, 7) is 0.930. The predicted octanol–water partition coefficient (Wildman–Crippen LogP) is 5.68. The standard InChI is InChI=1S/C29H28F3N5O3/c1-36-27(18-9-10-18)26(34-28(36)20-11-8-17(14-33)13-25(20)40-29(30,31)32)19-5-4-6-22-21(19)15-37(35-22)16-23(38)24-7-2-3-12-39-24/h4-6,8,11,13,15,18,23-24,38H,2-3,7,9-10,12,16H2,1H3. The van der Waals surface area contributed by atoms with Gasteiger partial charge < -0.3 is 19.1 Å². The lowest BCUT2D eigenvalue weighted by Gasteiger charge is -2.26. The summed E-state index contributed by atoms with van der Waals surface area (Å²) in [5.41, 5.74) is 3.32. The van der Waals surface area contributed by atoms with Crippen LogP contribution in [0.3, 0.4) is 0 Å². The molecule has 4 aromatic rings. The molecule has 11 heteroatoms. The van der Waals surface area contributed by atoms with Crippen LogP contribution in [0.1, 0.15) is 49.3 Å². The lowest BCUT2D eigenvalue weighted by atomic mass is 10.0. The molecule has 0 bridgehead atoms. The van der Waals surface area contributed by atoms with Crippen LogP contribution in [0, 0.1) is 11.3 Å². The van der Waals surface area contributed by atoms with Crippen molar-refractivity contribution in [2.45, 2.75) is 63.1 Å². The first-order chi connectivity index (χ1) is 19.2. The minimum Gasteiger partial charge on any atom is -0.405 e. The van der Waals surface area contributed by atoms with Gasteiger partial charge in [0.2, 0.25) is 0 Å². The molecule has 6 rings (SSSR count). The third-order valence-corrected chi connectivity index (χ3v) is 7.55. The molecule has 2 fully saturated rings. The highest BCUT2D eigenvalue weighted by molar-refractivity contribution is 5.94. The molecule has 1 aliphatic heterocycles. The lowest BCUT2D eigenvalue weighted by molar-refractivity contribution is -0.274. The number of aliphatic hydroxyl groups excluding tert-OH is 1. The van der Waals surface area contributed by atoms with Gasteiger partial charge in [0.1, 0.15) is 11.6 Å². The number of nitriles is 1. The Morgan fingerprint density at radius 1 is 1.18 bits per heavy atom. The number of aromatic nitrogens is 4. The number of benzene rings is 2. The third-order valence-electron chi connectivity index (χ3n) is 7.55. The molecule has 2 atom stereocenters. The van der Waals surface area contributed by atoms with Crippen LogP contribution in [0.25, 0.3) is 33.5 Å².